The van der Waals surface area contributed by atoms with E-state index in [9.17, 15) is 4.79 Å². The van der Waals surface area contributed by atoms with Crippen molar-refractivity contribution in [2.24, 2.45) is 11.8 Å². The molecule has 0 radical (unpaired) electrons. The molecule has 1 heteroatoms. The average Bonchev–Trinajstić information content (AvgIpc) is 2.22. The summed E-state index contributed by atoms with van der Waals surface area (Å²) in [6.45, 7) is 6.59. The highest BCUT2D eigenvalue weighted by atomic mass is 16.1. The topological polar surface area (TPSA) is 17.1 Å². The Kier molecular flexibility index (Phi) is 9.55. The third-order valence-corrected chi connectivity index (χ3v) is 2.75. The molecule has 0 saturated heterocycles. The van der Waals surface area contributed by atoms with Gasteiger partial charge >= 0.3 is 0 Å². The Bertz CT molecular complexity index is 172. The zero-order chi connectivity index (χ0) is 11.5. The molecule has 0 spiro atoms. The lowest BCUT2D eigenvalue weighted by molar-refractivity contribution is -0.108. The number of unbranched alkanes of at least 4 members (excludes halogenated alkanes) is 3. The van der Waals surface area contributed by atoms with Crippen LogP contribution in [0.4, 0.5) is 0 Å². The number of hydrogen-bond acceptors (Lipinski definition) is 1. The Morgan fingerprint density at radius 2 is 1.67 bits per heavy atom. The highest BCUT2D eigenvalue weighted by Crippen LogP contribution is 2.13. The number of carbonyl (C=O) groups is 1. The molecular formula is C14H26O. The molecule has 0 heterocycles. The molecule has 0 bridgehead atoms. The monoisotopic (exact) mass is 210 g/mol. The Labute approximate surface area is 95.0 Å². The maximum absolute atomic E-state index is 10.3. The van der Waals surface area contributed by atoms with Gasteiger partial charge in [0.25, 0.3) is 0 Å². The highest BCUT2D eigenvalue weighted by molar-refractivity contribution is 5.50. The van der Waals surface area contributed by atoms with Crippen LogP contribution in [0.3, 0.4) is 0 Å². The number of allylic oxidation sites excluding steroid dienone is 2. The van der Waals surface area contributed by atoms with E-state index in [2.05, 4.69) is 32.9 Å². The molecule has 0 aromatic heterocycles. The van der Waals surface area contributed by atoms with Gasteiger partial charge in [-0.3, -0.25) is 0 Å². The van der Waals surface area contributed by atoms with Crippen LogP contribution in [0.2, 0.25) is 0 Å². The zero-order valence-electron chi connectivity index (χ0n) is 10.5. The Morgan fingerprint density at radius 1 is 1.00 bits per heavy atom. The van der Waals surface area contributed by atoms with Crippen LogP contribution < -0.4 is 0 Å². The normalized spacial score (nSPS) is 15.4. The number of carbonyl (C=O) groups excluding carboxylic acids is 1. The van der Waals surface area contributed by atoms with Gasteiger partial charge in [0, 0.05) is 6.42 Å². The van der Waals surface area contributed by atoms with Crippen LogP contribution >= 0.6 is 0 Å². The maximum Gasteiger partial charge on any atom is 0.120 e. The summed E-state index contributed by atoms with van der Waals surface area (Å²) in [7, 11) is 0. The summed E-state index contributed by atoms with van der Waals surface area (Å²) in [5.74, 6) is 1.07. The van der Waals surface area contributed by atoms with Crippen LogP contribution in [0.5, 0.6) is 0 Å². The molecule has 0 N–H and O–H groups in total. The molecule has 0 aromatic carbocycles. The lowest BCUT2D eigenvalue weighted by atomic mass is 9.99. The van der Waals surface area contributed by atoms with E-state index in [1.165, 1.54) is 32.1 Å². The zero-order valence-corrected chi connectivity index (χ0v) is 10.5. The summed E-state index contributed by atoms with van der Waals surface area (Å²) in [5, 5.41) is 0. The molecule has 0 aromatic rings. The van der Waals surface area contributed by atoms with Crippen LogP contribution in [0.25, 0.3) is 0 Å². The third-order valence-electron chi connectivity index (χ3n) is 2.75. The van der Waals surface area contributed by atoms with E-state index in [0.29, 0.717) is 18.3 Å². The molecule has 0 aliphatic rings. The first kappa shape index (κ1) is 14.4. The summed E-state index contributed by atoms with van der Waals surface area (Å²) in [6.07, 6.45) is 12.7. The minimum absolute atomic E-state index is 0.403. The smallest absolute Gasteiger partial charge is 0.120 e. The predicted octanol–water partition coefficient (Wildman–Crippen LogP) is 4.37. The molecule has 88 valence electrons. The molecular weight excluding hydrogens is 184 g/mol. The predicted molar refractivity (Wildman–Crippen MR) is 66.9 cm³/mol. The van der Waals surface area contributed by atoms with E-state index >= 15 is 0 Å². The summed E-state index contributed by atoms with van der Waals surface area (Å²) >= 11 is 0. The van der Waals surface area contributed by atoms with Gasteiger partial charge in [0.1, 0.15) is 6.29 Å². The van der Waals surface area contributed by atoms with Crippen molar-refractivity contribution in [1.29, 1.82) is 0 Å². The van der Waals surface area contributed by atoms with Crippen molar-refractivity contribution < 1.29 is 4.79 Å². The van der Waals surface area contributed by atoms with E-state index in [4.69, 9.17) is 0 Å². The van der Waals surface area contributed by atoms with Gasteiger partial charge in [-0.1, -0.05) is 58.6 Å². The van der Waals surface area contributed by atoms with Crippen LogP contribution in [0, 0.1) is 11.8 Å². The van der Waals surface area contributed by atoms with Crippen molar-refractivity contribution in [3.05, 3.63) is 12.2 Å². The average molecular weight is 210 g/mol. The quantitative estimate of drug-likeness (QED) is 0.314. The Hall–Kier alpha value is -0.590. The molecule has 15 heavy (non-hydrogen) atoms. The van der Waals surface area contributed by atoms with Gasteiger partial charge in [-0.2, -0.15) is 0 Å². The molecule has 0 aliphatic carbocycles. The lowest BCUT2D eigenvalue weighted by Gasteiger charge is -2.06. The fourth-order valence-electron chi connectivity index (χ4n) is 1.60. The van der Waals surface area contributed by atoms with Crippen molar-refractivity contribution in [2.75, 3.05) is 0 Å². The minimum atomic E-state index is 0.403. The molecule has 0 rings (SSSR count). The molecule has 0 amide bonds. The summed E-state index contributed by atoms with van der Waals surface area (Å²) in [4.78, 5) is 10.3. The van der Waals surface area contributed by atoms with Gasteiger partial charge in [-0.15, -0.1) is 0 Å². The molecule has 1 nitrogen and oxygen atoms in total. The van der Waals surface area contributed by atoms with Crippen LogP contribution in [-0.4, -0.2) is 6.29 Å². The fraction of sp³-hybridized carbons (Fsp3) is 0.786. The highest BCUT2D eigenvalue weighted by Gasteiger charge is 1.99. The van der Waals surface area contributed by atoms with Gasteiger partial charge in [0.2, 0.25) is 0 Å². The molecule has 2 atom stereocenters. The van der Waals surface area contributed by atoms with E-state index in [-0.39, 0.29) is 0 Å². The van der Waals surface area contributed by atoms with Crippen LogP contribution in [0.1, 0.15) is 59.3 Å². The minimum Gasteiger partial charge on any atom is -0.303 e. The SMILES string of the molecule is CCCCCCC(C)C=CC(C)CC=O. The van der Waals surface area contributed by atoms with Crippen LogP contribution in [-0.2, 0) is 4.79 Å². The number of rotatable bonds is 9. The van der Waals surface area contributed by atoms with Crippen LogP contribution in [0.15, 0.2) is 12.2 Å². The first-order valence-corrected chi connectivity index (χ1v) is 6.32. The second-order valence-corrected chi connectivity index (χ2v) is 4.59. The van der Waals surface area contributed by atoms with Gasteiger partial charge in [0.05, 0.1) is 0 Å². The van der Waals surface area contributed by atoms with Crippen molar-refractivity contribution >= 4 is 6.29 Å². The second kappa shape index (κ2) is 9.95. The fourth-order valence-corrected chi connectivity index (χ4v) is 1.60. The molecule has 0 saturated carbocycles. The lowest BCUT2D eigenvalue weighted by Crippen LogP contribution is -1.94. The second-order valence-electron chi connectivity index (χ2n) is 4.59. The van der Waals surface area contributed by atoms with E-state index in [0.717, 1.165) is 6.29 Å². The van der Waals surface area contributed by atoms with Gasteiger partial charge < -0.3 is 4.79 Å². The van der Waals surface area contributed by atoms with Gasteiger partial charge in [-0.05, 0) is 18.3 Å². The third kappa shape index (κ3) is 9.71. The van der Waals surface area contributed by atoms with E-state index in [1.54, 1.807) is 0 Å². The molecule has 0 fully saturated rings. The first-order chi connectivity index (χ1) is 7.20. The number of hydrogen-bond donors (Lipinski definition) is 0. The van der Waals surface area contributed by atoms with E-state index in [1.807, 2.05) is 0 Å². The standard InChI is InChI=1S/C14H26O/c1-4-5-6-7-8-13(2)9-10-14(3)11-12-15/h9-10,12-14H,4-8,11H2,1-3H3. The molecule has 0 aliphatic heterocycles. The van der Waals surface area contributed by atoms with Crippen molar-refractivity contribution in [2.45, 2.75) is 59.3 Å². The van der Waals surface area contributed by atoms with Crippen molar-refractivity contribution in [3.8, 4) is 0 Å². The molecule has 2 unspecified atom stereocenters. The van der Waals surface area contributed by atoms with E-state index < -0.39 is 0 Å². The van der Waals surface area contributed by atoms with Crippen molar-refractivity contribution in [3.63, 3.8) is 0 Å². The van der Waals surface area contributed by atoms with Gasteiger partial charge in [-0.25, -0.2) is 0 Å². The Balaban J connectivity index is 3.53. The maximum atomic E-state index is 10.3. The van der Waals surface area contributed by atoms with Crippen molar-refractivity contribution in [1.82, 2.24) is 0 Å². The summed E-state index contributed by atoms with van der Waals surface area (Å²) < 4.78 is 0. The Morgan fingerprint density at radius 3 is 2.27 bits per heavy atom. The summed E-state index contributed by atoms with van der Waals surface area (Å²) in [6, 6.07) is 0. The number of aldehydes is 1. The summed E-state index contributed by atoms with van der Waals surface area (Å²) in [5.41, 5.74) is 0. The van der Waals surface area contributed by atoms with Gasteiger partial charge in [0.15, 0.2) is 0 Å². The first-order valence-electron chi connectivity index (χ1n) is 6.32. The largest absolute Gasteiger partial charge is 0.303 e.